The van der Waals surface area contributed by atoms with Crippen LogP contribution in [0.1, 0.15) is 11.1 Å². The summed E-state index contributed by atoms with van der Waals surface area (Å²) in [6, 6.07) is 10.5. The predicted molar refractivity (Wildman–Crippen MR) is 71.5 cm³/mol. The van der Waals surface area contributed by atoms with Gasteiger partial charge in [-0.1, -0.05) is 12.1 Å². The second-order valence-corrected chi connectivity index (χ2v) is 5.94. The number of halogens is 2. The first kappa shape index (κ1) is 15.1. The molecule has 0 bridgehead atoms. The fraction of sp³-hybridized carbons (Fsp3) is 0.0714. The number of nitriles is 1. The Kier molecular flexibility index (Phi) is 4.31. The molecule has 0 fully saturated rings. The van der Waals surface area contributed by atoms with Crippen molar-refractivity contribution >= 4 is 10.0 Å². The highest BCUT2D eigenvalue weighted by Gasteiger charge is 2.19. The van der Waals surface area contributed by atoms with Crippen molar-refractivity contribution in [1.29, 1.82) is 5.26 Å². The van der Waals surface area contributed by atoms with Crippen molar-refractivity contribution in [3.05, 3.63) is 65.2 Å². The molecule has 21 heavy (non-hydrogen) atoms. The molecule has 0 aliphatic heterocycles. The predicted octanol–water partition coefficient (Wildman–Crippen LogP) is 2.31. The van der Waals surface area contributed by atoms with Crippen LogP contribution in [0.5, 0.6) is 0 Å². The van der Waals surface area contributed by atoms with Crippen LogP contribution in [0, 0.1) is 23.0 Å². The van der Waals surface area contributed by atoms with Gasteiger partial charge in [0.05, 0.1) is 11.6 Å². The lowest BCUT2D eigenvalue weighted by Gasteiger charge is -2.08. The van der Waals surface area contributed by atoms with Crippen molar-refractivity contribution < 1.29 is 17.2 Å². The summed E-state index contributed by atoms with van der Waals surface area (Å²) < 4.78 is 52.3. The minimum absolute atomic E-state index is 0.0646. The molecule has 0 heterocycles. The first-order chi connectivity index (χ1) is 9.92. The van der Waals surface area contributed by atoms with Gasteiger partial charge in [-0.3, -0.25) is 0 Å². The van der Waals surface area contributed by atoms with E-state index in [1.807, 2.05) is 6.07 Å². The maximum absolute atomic E-state index is 13.5. The Hall–Kier alpha value is -2.30. The fourth-order valence-corrected chi connectivity index (χ4v) is 2.72. The van der Waals surface area contributed by atoms with Crippen molar-refractivity contribution in [2.45, 2.75) is 11.4 Å². The Labute approximate surface area is 120 Å². The van der Waals surface area contributed by atoms with E-state index < -0.39 is 26.6 Å². The van der Waals surface area contributed by atoms with E-state index in [9.17, 15) is 17.2 Å². The summed E-state index contributed by atoms with van der Waals surface area (Å²) in [6.07, 6.45) is 0. The Bertz CT molecular complexity index is 797. The van der Waals surface area contributed by atoms with Crippen molar-refractivity contribution in [2.75, 3.05) is 0 Å². The SMILES string of the molecule is N#Cc1ccc(CNS(=O)(=O)c2ccc(F)cc2F)cc1. The zero-order chi connectivity index (χ0) is 15.5. The summed E-state index contributed by atoms with van der Waals surface area (Å²) in [7, 11) is -4.08. The van der Waals surface area contributed by atoms with Crippen LogP contribution in [0.25, 0.3) is 0 Å². The van der Waals surface area contributed by atoms with Gasteiger partial charge in [-0.2, -0.15) is 5.26 Å². The number of benzene rings is 2. The summed E-state index contributed by atoms with van der Waals surface area (Å²) >= 11 is 0. The second-order valence-electron chi connectivity index (χ2n) is 4.21. The van der Waals surface area contributed by atoms with Crippen LogP contribution >= 0.6 is 0 Å². The van der Waals surface area contributed by atoms with E-state index in [1.54, 1.807) is 24.3 Å². The van der Waals surface area contributed by atoms with Crippen LogP contribution in [-0.4, -0.2) is 8.42 Å². The van der Waals surface area contributed by atoms with E-state index in [4.69, 9.17) is 5.26 Å². The van der Waals surface area contributed by atoms with Crippen molar-refractivity contribution in [2.24, 2.45) is 0 Å². The molecule has 0 radical (unpaired) electrons. The molecule has 0 spiro atoms. The molecule has 0 saturated carbocycles. The molecule has 0 aliphatic carbocycles. The van der Waals surface area contributed by atoms with E-state index in [-0.39, 0.29) is 6.54 Å². The Morgan fingerprint density at radius 2 is 1.76 bits per heavy atom. The summed E-state index contributed by atoms with van der Waals surface area (Å²) in [5.74, 6) is -2.00. The maximum Gasteiger partial charge on any atom is 0.243 e. The molecule has 4 nitrogen and oxygen atoms in total. The van der Waals surface area contributed by atoms with Crippen LogP contribution < -0.4 is 4.72 Å². The quantitative estimate of drug-likeness (QED) is 0.942. The first-order valence-electron chi connectivity index (χ1n) is 5.86. The number of sulfonamides is 1. The smallest absolute Gasteiger partial charge is 0.207 e. The van der Waals surface area contributed by atoms with Gasteiger partial charge in [0.25, 0.3) is 0 Å². The van der Waals surface area contributed by atoms with Gasteiger partial charge in [-0.05, 0) is 29.8 Å². The molecule has 0 unspecified atom stereocenters. The zero-order valence-electron chi connectivity index (χ0n) is 10.7. The van der Waals surface area contributed by atoms with Crippen molar-refractivity contribution in [1.82, 2.24) is 4.72 Å². The highest BCUT2D eigenvalue weighted by molar-refractivity contribution is 7.89. The highest BCUT2D eigenvalue weighted by Crippen LogP contribution is 2.15. The van der Waals surface area contributed by atoms with Gasteiger partial charge in [0.15, 0.2) is 0 Å². The third kappa shape index (κ3) is 3.62. The number of nitrogens with one attached hydrogen (secondary N) is 1. The molecule has 108 valence electrons. The normalized spacial score (nSPS) is 11.1. The van der Waals surface area contributed by atoms with Crippen LogP contribution in [0.2, 0.25) is 0 Å². The largest absolute Gasteiger partial charge is 0.243 e. The van der Waals surface area contributed by atoms with Gasteiger partial charge < -0.3 is 0 Å². The van der Waals surface area contributed by atoms with Crippen molar-refractivity contribution in [3.8, 4) is 6.07 Å². The van der Waals surface area contributed by atoms with Crippen LogP contribution in [-0.2, 0) is 16.6 Å². The van der Waals surface area contributed by atoms with E-state index >= 15 is 0 Å². The summed E-state index contributed by atoms with van der Waals surface area (Å²) in [5, 5.41) is 8.66. The lowest BCUT2D eigenvalue weighted by Crippen LogP contribution is -2.24. The van der Waals surface area contributed by atoms with E-state index in [2.05, 4.69) is 4.72 Å². The number of hydrogen-bond donors (Lipinski definition) is 1. The molecular weight excluding hydrogens is 298 g/mol. The number of hydrogen-bond acceptors (Lipinski definition) is 3. The molecule has 0 amide bonds. The van der Waals surface area contributed by atoms with Crippen LogP contribution in [0.4, 0.5) is 8.78 Å². The lowest BCUT2D eigenvalue weighted by atomic mass is 10.1. The third-order valence-corrected chi connectivity index (χ3v) is 4.17. The molecular formula is C14H10F2N2O2S. The molecule has 0 aliphatic rings. The first-order valence-corrected chi connectivity index (χ1v) is 7.34. The van der Waals surface area contributed by atoms with Gasteiger partial charge in [0.1, 0.15) is 16.5 Å². The Morgan fingerprint density at radius 1 is 1.10 bits per heavy atom. The lowest BCUT2D eigenvalue weighted by molar-refractivity contribution is 0.543. The molecule has 7 heteroatoms. The Morgan fingerprint density at radius 3 is 2.33 bits per heavy atom. The standard InChI is InChI=1S/C14H10F2N2O2S/c15-12-5-6-14(13(16)7-12)21(19,20)18-9-11-3-1-10(8-17)2-4-11/h1-7,18H,9H2. The van der Waals surface area contributed by atoms with Crippen LogP contribution in [0.15, 0.2) is 47.4 Å². The van der Waals surface area contributed by atoms with Crippen molar-refractivity contribution in [3.63, 3.8) is 0 Å². The molecule has 0 aromatic heterocycles. The van der Waals surface area contributed by atoms with Gasteiger partial charge >= 0.3 is 0 Å². The topological polar surface area (TPSA) is 70.0 Å². The number of rotatable bonds is 4. The van der Waals surface area contributed by atoms with E-state index in [1.165, 1.54) is 0 Å². The average molecular weight is 308 g/mol. The third-order valence-electron chi connectivity index (χ3n) is 2.73. The summed E-state index contributed by atoms with van der Waals surface area (Å²) in [5.41, 5.74) is 1.06. The minimum Gasteiger partial charge on any atom is -0.207 e. The average Bonchev–Trinajstić information content (AvgIpc) is 2.45. The zero-order valence-corrected chi connectivity index (χ0v) is 11.5. The molecule has 0 atom stereocenters. The monoisotopic (exact) mass is 308 g/mol. The molecule has 1 N–H and O–H groups in total. The van der Waals surface area contributed by atoms with Crippen LogP contribution in [0.3, 0.4) is 0 Å². The van der Waals surface area contributed by atoms with Gasteiger partial charge in [0.2, 0.25) is 10.0 Å². The summed E-state index contributed by atoms with van der Waals surface area (Å²) in [4.78, 5) is -0.613. The van der Waals surface area contributed by atoms with Gasteiger partial charge in [0, 0.05) is 12.6 Å². The fourth-order valence-electron chi connectivity index (χ4n) is 1.65. The molecule has 0 saturated heterocycles. The molecule has 2 aromatic carbocycles. The maximum atomic E-state index is 13.5. The molecule has 2 aromatic rings. The van der Waals surface area contributed by atoms with E-state index in [0.717, 1.165) is 12.1 Å². The summed E-state index contributed by atoms with van der Waals surface area (Å²) in [6.45, 7) is -0.0646. The second kappa shape index (κ2) is 5.99. The minimum atomic E-state index is -4.08. The van der Waals surface area contributed by atoms with Gasteiger partial charge in [-0.25, -0.2) is 21.9 Å². The van der Waals surface area contributed by atoms with Gasteiger partial charge in [-0.15, -0.1) is 0 Å². The van der Waals surface area contributed by atoms with E-state index in [0.29, 0.717) is 17.2 Å². The highest BCUT2D eigenvalue weighted by atomic mass is 32.2. The Balaban J connectivity index is 2.16. The molecule has 2 rings (SSSR count). The number of nitrogens with zero attached hydrogens (tertiary/aromatic N) is 1.